The molecule has 0 amide bonds. The Morgan fingerprint density at radius 3 is 1.59 bits per heavy atom. The van der Waals surface area contributed by atoms with Gasteiger partial charge in [-0.2, -0.15) is 0 Å². The van der Waals surface area contributed by atoms with E-state index in [0.29, 0.717) is 0 Å². The quantitative estimate of drug-likeness (QED) is 0.327. The summed E-state index contributed by atoms with van der Waals surface area (Å²) in [7, 11) is 0. The van der Waals surface area contributed by atoms with Gasteiger partial charge in [0.2, 0.25) is 0 Å². The van der Waals surface area contributed by atoms with E-state index >= 15 is 0 Å². The van der Waals surface area contributed by atoms with Crippen molar-refractivity contribution >= 4 is 5.78 Å². The van der Waals surface area contributed by atoms with Crippen LogP contribution in [0.5, 0.6) is 5.75 Å². The molecule has 0 aliphatic heterocycles. The molecule has 3 aromatic rings. The zero-order chi connectivity index (χ0) is 19.1. The summed E-state index contributed by atoms with van der Waals surface area (Å²) in [5.41, 5.74) is 5.35. The Balaban J connectivity index is 1.67. The van der Waals surface area contributed by atoms with Gasteiger partial charge in [0.1, 0.15) is 5.75 Å². The molecule has 0 fully saturated rings. The Labute approximate surface area is 161 Å². The Morgan fingerprint density at radius 1 is 0.704 bits per heavy atom. The SMILES string of the molecule is CCCCCOc1ccc(-c2ccc(-c3ccc(C(C)=O)cc3)cc2)cc1. The van der Waals surface area contributed by atoms with Crippen molar-refractivity contribution in [3.8, 4) is 28.0 Å². The first-order valence-corrected chi connectivity index (χ1v) is 9.62. The maximum absolute atomic E-state index is 11.4. The van der Waals surface area contributed by atoms with Crippen LogP contribution in [0.4, 0.5) is 0 Å². The van der Waals surface area contributed by atoms with Gasteiger partial charge in [0.05, 0.1) is 6.61 Å². The van der Waals surface area contributed by atoms with Gasteiger partial charge in [-0.05, 0) is 47.7 Å². The minimum absolute atomic E-state index is 0.0923. The second-order valence-corrected chi connectivity index (χ2v) is 6.79. The van der Waals surface area contributed by atoms with Crippen LogP contribution < -0.4 is 4.74 Å². The first-order valence-electron chi connectivity index (χ1n) is 9.62. The molecule has 0 unspecified atom stereocenters. The Hall–Kier alpha value is -2.87. The average molecular weight is 358 g/mol. The molecule has 0 saturated heterocycles. The Morgan fingerprint density at radius 2 is 1.15 bits per heavy atom. The highest BCUT2D eigenvalue weighted by Gasteiger charge is 2.03. The fourth-order valence-corrected chi connectivity index (χ4v) is 3.04. The summed E-state index contributed by atoms with van der Waals surface area (Å²) >= 11 is 0. The fraction of sp³-hybridized carbons (Fsp3) is 0.240. The molecular weight excluding hydrogens is 332 g/mol. The van der Waals surface area contributed by atoms with Crippen molar-refractivity contribution in [2.75, 3.05) is 6.61 Å². The molecule has 0 aliphatic carbocycles. The van der Waals surface area contributed by atoms with Gasteiger partial charge in [-0.15, -0.1) is 0 Å². The zero-order valence-corrected chi connectivity index (χ0v) is 16.1. The molecule has 0 atom stereocenters. The normalized spacial score (nSPS) is 10.6. The molecule has 0 aromatic heterocycles. The van der Waals surface area contributed by atoms with E-state index < -0.39 is 0 Å². The molecule has 0 radical (unpaired) electrons. The van der Waals surface area contributed by atoms with E-state index in [9.17, 15) is 4.79 Å². The largest absolute Gasteiger partial charge is 0.494 e. The number of hydrogen-bond donors (Lipinski definition) is 0. The van der Waals surface area contributed by atoms with Crippen molar-refractivity contribution in [3.05, 3.63) is 78.4 Å². The summed E-state index contributed by atoms with van der Waals surface area (Å²) < 4.78 is 5.78. The first-order chi connectivity index (χ1) is 13.2. The van der Waals surface area contributed by atoms with Crippen molar-refractivity contribution in [1.82, 2.24) is 0 Å². The topological polar surface area (TPSA) is 26.3 Å². The third-order valence-electron chi connectivity index (χ3n) is 4.71. The van der Waals surface area contributed by atoms with Crippen LogP contribution in [0.25, 0.3) is 22.3 Å². The predicted molar refractivity (Wildman–Crippen MR) is 112 cm³/mol. The molecule has 0 spiro atoms. The molecular formula is C25H26O2. The predicted octanol–water partition coefficient (Wildman–Crippen LogP) is 6.79. The van der Waals surface area contributed by atoms with Gasteiger partial charge < -0.3 is 4.74 Å². The zero-order valence-electron chi connectivity index (χ0n) is 16.1. The molecule has 2 nitrogen and oxygen atoms in total. The van der Waals surface area contributed by atoms with E-state index in [-0.39, 0.29) is 5.78 Å². The minimum Gasteiger partial charge on any atom is -0.494 e. The van der Waals surface area contributed by atoms with Crippen molar-refractivity contribution in [2.45, 2.75) is 33.1 Å². The number of ether oxygens (including phenoxy) is 1. The van der Waals surface area contributed by atoms with Gasteiger partial charge >= 0.3 is 0 Å². The minimum atomic E-state index is 0.0923. The molecule has 138 valence electrons. The summed E-state index contributed by atoms with van der Waals surface area (Å²) in [6.07, 6.45) is 3.52. The third kappa shape index (κ3) is 5.07. The highest BCUT2D eigenvalue weighted by atomic mass is 16.5. The van der Waals surface area contributed by atoms with Crippen molar-refractivity contribution in [2.24, 2.45) is 0 Å². The van der Waals surface area contributed by atoms with Crippen LogP contribution in [0.1, 0.15) is 43.5 Å². The molecule has 0 bridgehead atoms. The molecule has 0 N–H and O–H groups in total. The number of benzene rings is 3. The fourth-order valence-electron chi connectivity index (χ4n) is 3.04. The molecule has 27 heavy (non-hydrogen) atoms. The van der Waals surface area contributed by atoms with E-state index in [1.165, 1.54) is 24.0 Å². The van der Waals surface area contributed by atoms with E-state index in [2.05, 4.69) is 43.3 Å². The Kier molecular flexibility index (Phi) is 6.43. The molecule has 0 aliphatic rings. The number of rotatable bonds is 8. The van der Waals surface area contributed by atoms with Crippen molar-refractivity contribution < 1.29 is 9.53 Å². The lowest BCUT2D eigenvalue weighted by atomic mass is 9.99. The summed E-state index contributed by atoms with van der Waals surface area (Å²) in [5.74, 6) is 1.02. The van der Waals surface area contributed by atoms with Crippen LogP contribution >= 0.6 is 0 Å². The maximum atomic E-state index is 11.4. The molecule has 3 aromatic carbocycles. The number of ketones is 1. The number of unbranched alkanes of at least 4 members (excludes halogenated alkanes) is 2. The summed E-state index contributed by atoms with van der Waals surface area (Å²) in [6, 6.07) is 24.5. The van der Waals surface area contributed by atoms with Crippen LogP contribution in [-0.2, 0) is 0 Å². The van der Waals surface area contributed by atoms with Gasteiger partial charge in [-0.25, -0.2) is 0 Å². The number of carbonyl (C=O) groups excluding carboxylic acids is 1. The van der Waals surface area contributed by atoms with Crippen LogP contribution in [0.15, 0.2) is 72.8 Å². The lowest BCUT2D eigenvalue weighted by Gasteiger charge is -2.08. The Bertz CT molecular complexity index is 860. The van der Waals surface area contributed by atoms with E-state index in [1.807, 2.05) is 36.4 Å². The number of Topliss-reactive ketones (excluding diaryl/α,β-unsaturated/α-hetero) is 1. The molecule has 2 heteroatoms. The number of carbonyl (C=O) groups is 1. The van der Waals surface area contributed by atoms with Gasteiger partial charge in [-0.3, -0.25) is 4.79 Å². The van der Waals surface area contributed by atoms with Crippen molar-refractivity contribution in [3.63, 3.8) is 0 Å². The van der Waals surface area contributed by atoms with Gasteiger partial charge in [0.15, 0.2) is 5.78 Å². The monoisotopic (exact) mass is 358 g/mol. The second-order valence-electron chi connectivity index (χ2n) is 6.79. The van der Waals surface area contributed by atoms with Crippen molar-refractivity contribution in [1.29, 1.82) is 0 Å². The van der Waals surface area contributed by atoms with Gasteiger partial charge in [-0.1, -0.05) is 80.4 Å². The van der Waals surface area contributed by atoms with Crippen LogP contribution in [0.3, 0.4) is 0 Å². The molecule has 0 saturated carbocycles. The maximum Gasteiger partial charge on any atom is 0.159 e. The summed E-state index contributed by atoms with van der Waals surface area (Å²) in [6.45, 7) is 4.57. The highest BCUT2D eigenvalue weighted by molar-refractivity contribution is 5.94. The summed E-state index contributed by atoms with van der Waals surface area (Å²) in [5, 5.41) is 0. The lowest BCUT2D eigenvalue weighted by Crippen LogP contribution is -1.96. The molecule has 3 rings (SSSR count). The first kappa shape index (κ1) is 18.9. The van der Waals surface area contributed by atoms with E-state index in [4.69, 9.17) is 4.74 Å². The van der Waals surface area contributed by atoms with E-state index in [0.717, 1.165) is 35.5 Å². The van der Waals surface area contributed by atoms with Gasteiger partial charge in [0, 0.05) is 5.56 Å². The number of hydrogen-bond acceptors (Lipinski definition) is 2. The van der Waals surface area contributed by atoms with Crippen LogP contribution in [0, 0.1) is 0 Å². The van der Waals surface area contributed by atoms with Crippen LogP contribution in [-0.4, -0.2) is 12.4 Å². The lowest BCUT2D eigenvalue weighted by molar-refractivity contribution is 0.101. The molecule has 0 heterocycles. The van der Waals surface area contributed by atoms with Gasteiger partial charge in [0.25, 0.3) is 0 Å². The second kappa shape index (κ2) is 9.18. The smallest absolute Gasteiger partial charge is 0.159 e. The summed E-state index contributed by atoms with van der Waals surface area (Å²) in [4.78, 5) is 11.4. The average Bonchev–Trinajstić information content (AvgIpc) is 2.72. The standard InChI is InChI=1S/C25H26O2/c1-3-4-5-18-27-25-16-14-24(15-17-25)23-12-10-22(11-13-23)21-8-6-20(7-9-21)19(2)26/h6-17H,3-5,18H2,1-2H3. The highest BCUT2D eigenvalue weighted by Crippen LogP contribution is 2.26. The van der Waals surface area contributed by atoms with Crippen LogP contribution in [0.2, 0.25) is 0 Å². The van der Waals surface area contributed by atoms with E-state index in [1.54, 1.807) is 6.92 Å². The third-order valence-corrected chi connectivity index (χ3v) is 4.71.